The standard InChI is InChI=1S/C18H26N2O5/c1-5-14-15(13(21)10-25-14)20-17(23)12(8-18(2,3)4)19-16(22)11-6-7-24-9-11/h6-7,9,12,14-15H,5,8,10H2,1-4H3,(H,19,22)(H,20,23)/t12-,14?,15?/m0/s1. The van der Waals surface area contributed by atoms with E-state index in [4.69, 9.17) is 9.15 Å². The maximum atomic E-state index is 12.7. The van der Waals surface area contributed by atoms with Crippen LogP contribution in [0.2, 0.25) is 0 Å². The molecule has 2 rings (SSSR count). The van der Waals surface area contributed by atoms with E-state index in [1.54, 1.807) is 0 Å². The molecule has 1 aliphatic rings. The second kappa shape index (κ2) is 7.82. The van der Waals surface area contributed by atoms with Gasteiger partial charge in [-0.3, -0.25) is 14.4 Å². The number of rotatable bonds is 6. The van der Waals surface area contributed by atoms with Crippen LogP contribution in [0.1, 0.15) is 50.9 Å². The second-order valence-electron chi connectivity index (χ2n) is 7.51. The number of Topliss-reactive ketones (excluding diaryl/α,β-unsaturated/α-hetero) is 1. The Bertz CT molecular complexity index is 618. The molecule has 25 heavy (non-hydrogen) atoms. The molecule has 2 N–H and O–H groups in total. The van der Waals surface area contributed by atoms with Crippen molar-refractivity contribution in [2.75, 3.05) is 6.61 Å². The minimum Gasteiger partial charge on any atom is -0.472 e. The Balaban J connectivity index is 2.09. The van der Waals surface area contributed by atoms with Crippen LogP contribution < -0.4 is 10.6 Å². The van der Waals surface area contributed by atoms with E-state index in [2.05, 4.69) is 10.6 Å². The quantitative estimate of drug-likeness (QED) is 0.813. The smallest absolute Gasteiger partial charge is 0.255 e. The van der Waals surface area contributed by atoms with Gasteiger partial charge in [0, 0.05) is 0 Å². The molecule has 0 radical (unpaired) electrons. The monoisotopic (exact) mass is 350 g/mol. The molecular formula is C18H26N2O5. The van der Waals surface area contributed by atoms with Crippen LogP contribution in [0.5, 0.6) is 0 Å². The highest BCUT2D eigenvalue weighted by Gasteiger charge is 2.38. The molecule has 3 atom stereocenters. The zero-order valence-electron chi connectivity index (χ0n) is 15.1. The van der Waals surface area contributed by atoms with Gasteiger partial charge in [0.15, 0.2) is 5.78 Å². The summed E-state index contributed by atoms with van der Waals surface area (Å²) in [4.78, 5) is 37.0. The van der Waals surface area contributed by atoms with Gasteiger partial charge in [0.1, 0.15) is 25.0 Å². The fourth-order valence-corrected chi connectivity index (χ4v) is 2.82. The number of ether oxygens (including phenoxy) is 1. The average molecular weight is 350 g/mol. The molecule has 1 saturated heterocycles. The summed E-state index contributed by atoms with van der Waals surface area (Å²) in [6, 6.07) is 0.113. The molecule has 0 saturated carbocycles. The highest BCUT2D eigenvalue weighted by Crippen LogP contribution is 2.22. The SMILES string of the molecule is CCC1OCC(=O)C1NC(=O)[C@H](CC(C)(C)C)NC(=O)c1ccoc1. The zero-order chi connectivity index (χ0) is 18.6. The van der Waals surface area contributed by atoms with Gasteiger partial charge in [-0.25, -0.2) is 0 Å². The molecule has 0 aliphatic carbocycles. The van der Waals surface area contributed by atoms with Crippen LogP contribution >= 0.6 is 0 Å². The van der Waals surface area contributed by atoms with Crippen molar-refractivity contribution in [2.45, 2.75) is 58.7 Å². The highest BCUT2D eigenvalue weighted by molar-refractivity contribution is 5.98. The van der Waals surface area contributed by atoms with Crippen LogP contribution in [-0.2, 0) is 14.3 Å². The number of nitrogens with one attached hydrogen (secondary N) is 2. The number of hydrogen-bond donors (Lipinski definition) is 2. The number of amides is 2. The number of hydrogen-bond acceptors (Lipinski definition) is 5. The first-order valence-electron chi connectivity index (χ1n) is 8.49. The van der Waals surface area contributed by atoms with E-state index >= 15 is 0 Å². The van der Waals surface area contributed by atoms with E-state index in [0.29, 0.717) is 18.4 Å². The summed E-state index contributed by atoms with van der Waals surface area (Å²) in [5.41, 5.74) is 0.157. The van der Waals surface area contributed by atoms with Crippen LogP contribution in [-0.4, -0.2) is 42.4 Å². The Morgan fingerprint density at radius 2 is 2.08 bits per heavy atom. The average Bonchev–Trinajstić information content (AvgIpc) is 3.16. The van der Waals surface area contributed by atoms with Gasteiger partial charge in [0.2, 0.25) is 5.91 Å². The summed E-state index contributed by atoms with van der Waals surface area (Å²) in [6.07, 6.45) is 3.45. The summed E-state index contributed by atoms with van der Waals surface area (Å²) in [5, 5.41) is 5.49. The van der Waals surface area contributed by atoms with Gasteiger partial charge in [-0.1, -0.05) is 27.7 Å². The lowest BCUT2D eigenvalue weighted by Gasteiger charge is -2.27. The van der Waals surface area contributed by atoms with E-state index in [1.807, 2.05) is 27.7 Å². The maximum absolute atomic E-state index is 12.7. The highest BCUT2D eigenvalue weighted by atomic mass is 16.5. The first-order chi connectivity index (χ1) is 11.7. The predicted molar refractivity (Wildman–Crippen MR) is 91.0 cm³/mol. The molecule has 1 aromatic heterocycles. The van der Waals surface area contributed by atoms with Crippen molar-refractivity contribution in [2.24, 2.45) is 5.41 Å². The molecule has 138 valence electrons. The van der Waals surface area contributed by atoms with Gasteiger partial charge in [-0.15, -0.1) is 0 Å². The predicted octanol–water partition coefficient (Wildman–Crippen LogP) is 1.68. The summed E-state index contributed by atoms with van der Waals surface area (Å²) in [7, 11) is 0. The number of carbonyl (C=O) groups excluding carboxylic acids is 3. The van der Waals surface area contributed by atoms with E-state index in [0.717, 1.165) is 0 Å². The first-order valence-corrected chi connectivity index (χ1v) is 8.49. The Morgan fingerprint density at radius 1 is 1.36 bits per heavy atom. The Morgan fingerprint density at radius 3 is 2.64 bits per heavy atom. The lowest BCUT2D eigenvalue weighted by molar-refractivity contribution is -0.128. The number of ketones is 1. The molecule has 0 aromatic carbocycles. The van der Waals surface area contributed by atoms with Crippen LogP contribution in [0, 0.1) is 5.41 Å². The van der Waals surface area contributed by atoms with Crippen LogP contribution in [0.15, 0.2) is 23.0 Å². The van der Waals surface area contributed by atoms with Gasteiger partial charge in [0.25, 0.3) is 5.91 Å². The van der Waals surface area contributed by atoms with E-state index in [-0.39, 0.29) is 35.7 Å². The van der Waals surface area contributed by atoms with Crippen LogP contribution in [0.3, 0.4) is 0 Å². The van der Waals surface area contributed by atoms with Crippen LogP contribution in [0.25, 0.3) is 0 Å². The molecule has 1 fully saturated rings. The van der Waals surface area contributed by atoms with Crippen molar-refractivity contribution in [3.8, 4) is 0 Å². The maximum Gasteiger partial charge on any atom is 0.255 e. The number of furan rings is 1. The second-order valence-corrected chi connectivity index (χ2v) is 7.51. The molecule has 7 nitrogen and oxygen atoms in total. The van der Waals surface area contributed by atoms with Crippen molar-refractivity contribution in [1.82, 2.24) is 10.6 Å². The molecule has 1 aliphatic heterocycles. The summed E-state index contributed by atoms with van der Waals surface area (Å²) in [6.45, 7) is 7.85. The Labute approximate surface area is 147 Å². The first kappa shape index (κ1) is 19.2. The molecule has 0 spiro atoms. The van der Waals surface area contributed by atoms with E-state index < -0.39 is 12.1 Å². The molecule has 2 amide bonds. The minimum atomic E-state index is -0.756. The molecular weight excluding hydrogens is 324 g/mol. The Hall–Kier alpha value is -2.15. The fraction of sp³-hybridized carbons (Fsp3) is 0.611. The van der Waals surface area contributed by atoms with Crippen molar-refractivity contribution >= 4 is 17.6 Å². The van der Waals surface area contributed by atoms with Crippen molar-refractivity contribution < 1.29 is 23.5 Å². The fourth-order valence-electron chi connectivity index (χ4n) is 2.82. The van der Waals surface area contributed by atoms with Crippen molar-refractivity contribution in [3.05, 3.63) is 24.2 Å². The lowest BCUT2D eigenvalue weighted by atomic mass is 9.87. The summed E-state index contributed by atoms with van der Waals surface area (Å²) in [5.74, 6) is -0.913. The molecule has 2 heterocycles. The lowest BCUT2D eigenvalue weighted by Crippen LogP contribution is -2.54. The van der Waals surface area contributed by atoms with E-state index in [1.165, 1.54) is 18.6 Å². The minimum absolute atomic E-state index is 0.00870. The largest absolute Gasteiger partial charge is 0.472 e. The van der Waals surface area contributed by atoms with Gasteiger partial charge in [0.05, 0.1) is 17.9 Å². The zero-order valence-corrected chi connectivity index (χ0v) is 15.1. The third-order valence-corrected chi connectivity index (χ3v) is 4.08. The van der Waals surface area contributed by atoms with E-state index in [9.17, 15) is 14.4 Å². The molecule has 7 heteroatoms. The van der Waals surface area contributed by atoms with Crippen molar-refractivity contribution in [1.29, 1.82) is 0 Å². The summed E-state index contributed by atoms with van der Waals surface area (Å²) >= 11 is 0. The van der Waals surface area contributed by atoms with Crippen molar-refractivity contribution in [3.63, 3.8) is 0 Å². The Kier molecular flexibility index (Phi) is 6.00. The van der Waals surface area contributed by atoms with Gasteiger partial charge in [-0.2, -0.15) is 0 Å². The molecule has 2 unspecified atom stereocenters. The summed E-state index contributed by atoms with van der Waals surface area (Å²) < 4.78 is 10.3. The van der Waals surface area contributed by atoms with Gasteiger partial charge >= 0.3 is 0 Å². The topological polar surface area (TPSA) is 97.6 Å². The van der Waals surface area contributed by atoms with Gasteiger partial charge in [-0.05, 0) is 24.3 Å². The molecule has 0 bridgehead atoms. The molecule has 1 aromatic rings. The van der Waals surface area contributed by atoms with Crippen LogP contribution in [0.4, 0.5) is 0 Å². The normalized spacial score (nSPS) is 21.8. The third kappa shape index (κ3) is 5.16. The number of carbonyl (C=O) groups is 3. The van der Waals surface area contributed by atoms with Gasteiger partial charge < -0.3 is 19.8 Å². The third-order valence-electron chi connectivity index (χ3n) is 4.08.